The zero-order chi connectivity index (χ0) is 11.8. The van der Waals surface area contributed by atoms with Crippen LogP contribution in [-0.2, 0) is 9.84 Å². The molecule has 5 heteroatoms. The third kappa shape index (κ3) is 2.20. The minimum Gasteiger partial charge on any atom is -0.292 e. The third-order valence-corrected chi connectivity index (χ3v) is 6.04. The number of Topliss-reactive ketones (excluding diaryl/α,β-unsaturated/α-hetero) is 1. The summed E-state index contributed by atoms with van der Waals surface area (Å²) in [7, 11) is -3.20. The summed E-state index contributed by atoms with van der Waals surface area (Å²) in [5.74, 6) is -0.0499. The second-order valence-electron chi connectivity index (χ2n) is 4.13. The zero-order valence-corrected chi connectivity index (χ0v) is 10.7. The van der Waals surface area contributed by atoms with Crippen LogP contribution >= 0.6 is 11.3 Å². The Bertz CT molecular complexity index is 499. The molecule has 1 aromatic rings. The Morgan fingerprint density at radius 1 is 1.38 bits per heavy atom. The van der Waals surface area contributed by atoms with E-state index in [1.54, 1.807) is 6.07 Å². The SMILES string of the molecule is Cc1ccc(C(=O)C2CCCCS2(=O)=O)s1. The van der Waals surface area contributed by atoms with E-state index in [4.69, 9.17) is 0 Å². The van der Waals surface area contributed by atoms with Crippen molar-refractivity contribution in [3.63, 3.8) is 0 Å². The molecular weight excluding hydrogens is 244 g/mol. The van der Waals surface area contributed by atoms with E-state index in [2.05, 4.69) is 0 Å². The monoisotopic (exact) mass is 258 g/mol. The van der Waals surface area contributed by atoms with Crippen LogP contribution in [0.15, 0.2) is 12.1 Å². The molecule has 2 rings (SSSR count). The molecule has 1 aromatic heterocycles. The minimum atomic E-state index is -3.20. The molecule has 0 amide bonds. The highest BCUT2D eigenvalue weighted by Gasteiger charge is 2.35. The molecule has 0 N–H and O–H groups in total. The zero-order valence-electron chi connectivity index (χ0n) is 9.10. The van der Waals surface area contributed by atoms with Crippen molar-refractivity contribution >= 4 is 27.0 Å². The van der Waals surface area contributed by atoms with E-state index in [0.717, 1.165) is 11.3 Å². The van der Waals surface area contributed by atoms with Gasteiger partial charge in [-0.3, -0.25) is 4.79 Å². The maximum Gasteiger partial charge on any atom is 0.190 e. The van der Waals surface area contributed by atoms with Gasteiger partial charge < -0.3 is 0 Å². The fourth-order valence-electron chi connectivity index (χ4n) is 1.97. The highest BCUT2D eigenvalue weighted by molar-refractivity contribution is 7.92. The molecular formula is C11H14O3S2. The molecule has 16 heavy (non-hydrogen) atoms. The van der Waals surface area contributed by atoms with E-state index in [-0.39, 0.29) is 11.5 Å². The average molecular weight is 258 g/mol. The van der Waals surface area contributed by atoms with Crippen LogP contribution in [0.25, 0.3) is 0 Å². The lowest BCUT2D eigenvalue weighted by Gasteiger charge is -2.20. The summed E-state index contributed by atoms with van der Waals surface area (Å²) in [6, 6.07) is 3.58. The molecule has 0 aliphatic carbocycles. The van der Waals surface area contributed by atoms with Gasteiger partial charge in [0.25, 0.3) is 0 Å². The fourth-order valence-corrected chi connectivity index (χ4v) is 4.78. The number of sulfone groups is 1. The summed E-state index contributed by atoms with van der Waals surface area (Å²) >= 11 is 1.38. The number of hydrogen-bond donors (Lipinski definition) is 0. The quantitative estimate of drug-likeness (QED) is 0.764. The van der Waals surface area contributed by atoms with Crippen LogP contribution in [0, 0.1) is 6.92 Å². The summed E-state index contributed by atoms with van der Waals surface area (Å²) in [5.41, 5.74) is 0. The van der Waals surface area contributed by atoms with Gasteiger partial charge in [-0.15, -0.1) is 11.3 Å². The normalized spacial score (nSPS) is 24.2. The minimum absolute atomic E-state index is 0.160. The maximum absolute atomic E-state index is 12.1. The number of aryl methyl sites for hydroxylation is 1. The van der Waals surface area contributed by atoms with E-state index in [0.29, 0.717) is 17.7 Å². The highest BCUT2D eigenvalue weighted by atomic mass is 32.2. The van der Waals surface area contributed by atoms with Gasteiger partial charge in [0.1, 0.15) is 5.25 Å². The summed E-state index contributed by atoms with van der Waals surface area (Å²) in [6.45, 7) is 1.91. The number of rotatable bonds is 2. The Balaban J connectivity index is 2.28. The van der Waals surface area contributed by atoms with Crippen LogP contribution in [0.2, 0.25) is 0 Å². The van der Waals surface area contributed by atoms with Gasteiger partial charge in [-0.25, -0.2) is 8.42 Å². The largest absolute Gasteiger partial charge is 0.292 e. The number of hydrogen-bond acceptors (Lipinski definition) is 4. The van der Waals surface area contributed by atoms with Crippen molar-refractivity contribution < 1.29 is 13.2 Å². The van der Waals surface area contributed by atoms with E-state index in [1.165, 1.54) is 11.3 Å². The standard InChI is InChI=1S/C11H14O3S2/c1-8-5-6-9(15-8)11(12)10-4-2-3-7-16(10,13)14/h5-6,10H,2-4,7H2,1H3. The summed E-state index contributed by atoms with van der Waals surface area (Å²) in [4.78, 5) is 13.7. The van der Waals surface area contributed by atoms with Crippen LogP contribution in [-0.4, -0.2) is 25.2 Å². The van der Waals surface area contributed by atoms with Gasteiger partial charge in [0.05, 0.1) is 10.6 Å². The molecule has 0 radical (unpaired) electrons. The molecule has 0 aromatic carbocycles. The molecule has 0 saturated carbocycles. The van der Waals surface area contributed by atoms with Gasteiger partial charge in [-0.1, -0.05) is 6.42 Å². The number of thiophene rings is 1. The van der Waals surface area contributed by atoms with Crippen LogP contribution in [0.4, 0.5) is 0 Å². The van der Waals surface area contributed by atoms with E-state index >= 15 is 0 Å². The molecule has 0 bridgehead atoms. The molecule has 1 fully saturated rings. The van der Waals surface area contributed by atoms with Crippen molar-refractivity contribution in [3.8, 4) is 0 Å². The van der Waals surface area contributed by atoms with Gasteiger partial charge in [-0.2, -0.15) is 0 Å². The van der Waals surface area contributed by atoms with Gasteiger partial charge in [0, 0.05) is 4.88 Å². The lowest BCUT2D eigenvalue weighted by atomic mass is 10.1. The lowest BCUT2D eigenvalue weighted by Crippen LogP contribution is -2.35. The summed E-state index contributed by atoms with van der Waals surface area (Å²) in [5, 5.41) is -0.792. The molecule has 88 valence electrons. The molecule has 2 heterocycles. The second kappa shape index (κ2) is 4.30. The Kier molecular flexibility index (Phi) is 3.17. The van der Waals surface area contributed by atoms with Crippen molar-refractivity contribution in [2.45, 2.75) is 31.4 Å². The van der Waals surface area contributed by atoms with Crippen molar-refractivity contribution in [2.24, 2.45) is 0 Å². The lowest BCUT2D eigenvalue weighted by molar-refractivity contribution is 0.0985. The van der Waals surface area contributed by atoms with E-state index in [1.807, 2.05) is 13.0 Å². The first-order chi connectivity index (χ1) is 7.50. The molecule has 1 atom stereocenters. The smallest absolute Gasteiger partial charge is 0.190 e. The average Bonchev–Trinajstić information content (AvgIpc) is 2.63. The van der Waals surface area contributed by atoms with Gasteiger partial charge in [0.15, 0.2) is 15.6 Å². The number of carbonyl (C=O) groups is 1. The van der Waals surface area contributed by atoms with Gasteiger partial charge in [0.2, 0.25) is 0 Å². The Hall–Kier alpha value is -0.680. The highest BCUT2D eigenvalue weighted by Crippen LogP contribution is 2.26. The number of carbonyl (C=O) groups excluding carboxylic acids is 1. The second-order valence-corrected chi connectivity index (χ2v) is 7.72. The predicted molar refractivity (Wildman–Crippen MR) is 64.8 cm³/mol. The van der Waals surface area contributed by atoms with E-state index < -0.39 is 15.1 Å². The summed E-state index contributed by atoms with van der Waals surface area (Å²) < 4.78 is 23.6. The first-order valence-corrected chi connectivity index (χ1v) is 7.86. The third-order valence-electron chi connectivity index (χ3n) is 2.85. The van der Waals surface area contributed by atoms with Crippen molar-refractivity contribution in [1.82, 2.24) is 0 Å². The molecule has 1 aliphatic heterocycles. The van der Waals surface area contributed by atoms with Crippen LogP contribution in [0.3, 0.4) is 0 Å². The molecule has 3 nitrogen and oxygen atoms in total. The summed E-state index contributed by atoms with van der Waals surface area (Å²) in [6.07, 6.45) is 2.01. The van der Waals surface area contributed by atoms with Gasteiger partial charge in [-0.05, 0) is 31.9 Å². The molecule has 1 unspecified atom stereocenters. The van der Waals surface area contributed by atoms with Crippen LogP contribution in [0.5, 0.6) is 0 Å². The molecule has 0 spiro atoms. The Morgan fingerprint density at radius 2 is 2.12 bits per heavy atom. The first kappa shape index (κ1) is 11.8. The molecule has 1 saturated heterocycles. The van der Waals surface area contributed by atoms with Gasteiger partial charge >= 0.3 is 0 Å². The molecule has 1 aliphatic rings. The number of ketones is 1. The van der Waals surface area contributed by atoms with Crippen molar-refractivity contribution in [2.75, 3.05) is 5.75 Å². The van der Waals surface area contributed by atoms with Crippen LogP contribution in [0.1, 0.15) is 33.8 Å². The maximum atomic E-state index is 12.1. The Morgan fingerprint density at radius 3 is 2.69 bits per heavy atom. The fraction of sp³-hybridized carbons (Fsp3) is 0.545. The first-order valence-electron chi connectivity index (χ1n) is 5.33. The van der Waals surface area contributed by atoms with Crippen molar-refractivity contribution in [3.05, 3.63) is 21.9 Å². The predicted octanol–water partition coefficient (Wildman–Crippen LogP) is 2.21. The van der Waals surface area contributed by atoms with Crippen LogP contribution < -0.4 is 0 Å². The van der Waals surface area contributed by atoms with Crippen molar-refractivity contribution in [1.29, 1.82) is 0 Å². The van der Waals surface area contributed by atoms with E-state index in [9.17, 15) is 13.2 Å². The topological polar surface area (TPSA) is 51.2 Å². The Labute approximate surface area is 99.4 Å².